The highest BCUT2D eigenvalue weighted by Crippen LogP contribution is 2.22. The molecule has 1 atom stereocenters. The van der Waals surface area contributed by atoms with Crippen LogP contribution in [0.2, 0.25) is 0 Å². The highest BCUT2D eigenvalue weighted by molar-refractivity contribution is 7.10. The average Bonchev–Trinajstić information content (AvgIpc) is 3.16. The minimum Gasteiger partial charge on any atom is -0.334 e. The third-order valence-corrected chi connectivity index (χ3v) is 4.64. The fourth-order valence-corrected chi connectivity index (χ4v) is 3.23. The van der Waals surface area contributed by atoms with Crippen molar-refractivity contribution in [3.63, 3.8) is 0 Å². The van der Waals surface area contributed by atoms with E-state index in [9.17, 15) is 4.79 Å². The van der Waals surface area contributed by atoms with Crippen molar-refractivity contribution in [2.24, 2.45) is 0 Å². The van der Waals surface area contributed by atoms with E-state index in [4.69, 9.17) is 0 Å². The molecule has 122 valence electrons. The van der Waals surface area contributed by atoms with E-state index in [1.165, 1.54) is 5.56 Å². The van der Waals surface area contributed by atoms with Crippen LogP contribution in [-0.4, -0.2) is 11.0 Å². The van der Waals surface area contributed by atoms with Crippen LogP contribution in [0.4, 0.5) is 4.79 Å². The van der Waals surface area contributed by atoms with Gasteiger partial charge in [-0.2, -0.15) is 0 Å². The molecule has 2 amide bonds. The lowest BCUT2D eigenvalue weighted by Gasteiger charge is -2.18. The first-order chi connectivity index (χ1) is 11.8. The Bertz CT molecular complexity index is 745. The van der Waals surface area contributed by atoms with Gasteiger partial charge in [0.15, 0.2) is 0 Å². The maximum absolute atomic E-state index is 12.3. The van der Waals surface area contributed by atoms with Gasteiger partial charge in [0.05, 0.1) is 6.04 Å². The number of rotatable bonds is 6. The van der Waals surface area contributed by atoms with Crippen LogP contribution in [0.5, 0.6) is 0 Å². The van der Waals surface area contributed by atoms with Crippen molar-refractivity contribution >= 4 is 17.4 Å². The summed E-state index contributed by atoms with van der Waals surface area (Å²) >= 11 is 1.65. The Morgan fingerprint density at radius 2 is 1.88 bits per heavy atom. The normalized spacial score (nSPS) is 11.7. The first kappa shape index (κ1) is 16.2. The smallest absolute Gasteiger partial charge is 0.315 e. The van der Waals surface area contributed by atoms with Gasteiger partial charge in [-0.25, -0.2) is 4.79 Å². The summed E-state index contributed by atoms with van der Waals surface area (Å²) in [4.78, 5) is 17.5. The first-order valence-corrected chi connectivity index (χ1v) is 8.70. The van der Waals surface area contributed by atoms with Crippen molar-refractivity contribution in [1.82, 2.24) is 15.6 Å². The number of aromatic nitrogens is 1. The number of amides is 2. The largest absolute Gasteiger partial charge is 0.334 e. The molecule has 0 saturated carbocycles. The Balaban J connectivity index is 1.62. The molecule has 0 aliphatic heterocycles. The van der Waals surface area contributed by atoms with Crippen molar-refractivity contribution in [1.29, 1.82) is 0 Å². The zero-order chi connectivity index (χ0) is 16.6. The van der Waals surface area contributed by atoms with E-state index >= 15 is 0 Å². The second-order valence-corrected chi connectivity index (χ2v) is 6.43. The Hall–Kier alpha value is -2.66. The van der Waals surface area contributed by atoms with Crippen molar-refractivity contribution in [2.45, 2.75) is 19.0 Å². The fraction of sp³-hybridized carbons (Fsp3) is 0.158. The van der Waals surface area contributed by atoms with Crippen molar-refractivity contribution in [3.05, 3.63) is 88.4 Å². The summed E-state index contributed by atoms with van der Waals surface area (Å²) in [7, 11) is 0. The molecule has 0 spiro atoms. The van der Waals surface area contributed by atoms with Crippen LogP contribution in [0.1, 0.15) is 22.0 Å². The Labute approximate surface area is 145 Å². The van der Waals surface area contributed by atoms with E-state index in [1.54, 1.807) is 23.7 Å². The molecule has 0 aliphatic rings. The minimum atomic E-state index is -0.173. The number of carbonyl (C=O) groups is 1. The lowest BCUT2D eigenvalue weighted by atomic mass is 10.0. The third-order valence-electron chi connectivity index (χ3n) is 3.65. The molecule has 2 heterocycles. The number of hydrogen-bond acceptors (Lipinski definition) is 3. The van der Waals surface area contributed by atoms with Crippen molar-refractivity contribution < 1.29 is 4.79 Å². The number of nitrogens with zero attached hydrogens (tertiary/aromatic N) is 1. The van der Waals surface area contributed by atoms with Crippen LogP contribution in [0.25, 0.3) is 0 Å². The number of carbonyl (C=O) groups excluding carboxylic acids is 1. The minimum absolute atomic E-state index is 0.0405. The lowest BCUT2D eigenvalue weighted by Crippen LogP contribution is -2.38. The number of thiophene rings is 1. The topological polar surface area (TPSA) is 54.0 Å². The molecule has 5 heteroatoms. The van der Waals surface area contributed by atoms with E-state index in [1.807, 2.05) is 41.8 Å². The quantitative estimate of drug-likeness (QED) is 0.716. The van der Waals surface area contributed by atoms with Crippen LogP contribution in [0.3, 0.4) is 0 Å². The number of urea groups is 1. The lowest BCUT2D eigenvalue weighted by molar-refractivity contribution is 0.236. The van der Waals surface area contributed by atoms with Crippen molar-refractivity contribution in [3.8, 4) is 0 Å². The third kappa shape index (κ3) is 4.67. The second-order valence-electron chi connectivity index (χ2n) is 5.45. The molecule has 4 nitrogen and oxygen atoms in total. The number of pyridine rings is 1. The Kier molecular flexibility index (Phi) is 5.58. The SMILES string of the molecule is O=C(NCc1cccnc1)N[C@@H](Cc1ccccc1)c1cccs1. The van der Waals surface area contributed by atoms with E-state index in [0.717, 1.165) is 16.9 Å². The van der Waals surface area contributed by atoms with Gasteiger partial charge >= 0.3 is 6.03 Å². The van der Waals surface area contributed by atoms with Gasteiger partial charge in [-0.05, 0) is 35.1 Å². The van der Waals surface area contributed by atoms with E-state index in [0.29, 0.717) is 6.54 Å². The second kappa shape index (κ2) is 8.26. The first-order valence-electron chi connectivity index (χ1n) is 7.82. The van der Waals surface area contributed by atoms with Gasteiger partial charge in [0.25, 0.3) is 0 Å². The summed E-state index contributed by atoms with van der Waals surface area (Å²) in [6, 6.07) is 17.8. The highest BCUT2D eigenvalue weighted by atomic mass is 32.1. The standard InChI is InChI=1S/C19H19N3OS/c23-19(21-14-16-8-4-10-20-13-16)22-17(18-9-5-11-24-18)12-15-6-2-1-3-7-15/h1-11,13,17H,12,14H2,(H2,21,22,23)/t17-/m0/s1. The van der Waals surface area contributed by atoms with E-state index in [2.05, 4.69) is 33.8 Å². The van der Waals surface area contributed by atoms with Gasteiger partial charge in [-0.15, -0.1) is 11.3 Å². The zero-order valence-electron chi connectivity index (χ0n) is 13.2. The predicted molar refractivity (Wildman–Crippen MR) is 96.8 cm³/mol. The molecule has 3 rings (SSSR count). The molecule has 0 fully saturated rings. The predicted octanol–water partition coefficient (Wildman–Crippen LogP) is 3.93. The van der Waals surface area contributed by atoms with Gasteiger partial charge in [-0.3, -0.25) is 4.98 Å². The zero-order valence-corrected chi connectivity index (χ0v) is 14.0. The van der Waals surface area contributed by atoms with Crippen LogP contribution in [-0.2, 0) is 13.0 Å². The van der Waals surface area contributed by atoms with Gasteiger partial charge in [-0.1, -0.05) is 42.5 Å². The van der Waals surface area contributed by atoms with Crippen LogP contribution >= 0.6 is 11.3 Å². The molecule has 24 heavy (non-hydrogen) atoms. The Morgan fingerprint density at radius 3 is 2.58 bits per heavy atom. The van der Waals surface area contributed by atoms with Gasteiger partial charge < -0.3 is 10.6 Å². The molecule has 1 aromatic carbocycles. The highest BCUT2D eigenvalue weighted by Gasteiger charge is 2.16. The van der Waals surface area contributed by atoms with Gasteiger partial charge in [0.2, 0.25) is 0 Å². The Morgan fingerprint density at radius 1 is 1.04 bits per heavy atom. The summed E-state index contributed by atoms with van der Waals surface area (Å²) in [5.41, 5.74) is 2.17. The number of benzene rings is 1. The summed E-state index contributed by atoms with van der Waals surface area (Å²) < 4.78 is 0. The number of nitrogens with one attached hydrogen (secondary N) is 2. The summed E-state index contributed by atoms with van der Waals surface area (Å²) in [5.74, 6) is 0. The van der Waals surface area contributed by atoms with Gasteiger partial charge in [0.1, 0.15) is 0 Å². The molecule has 0 saturated heterocycles. The van der Waals surface area contributed by atoms with Gasteiger partial charge in [0, 0.05) is 23.8 Å². The summed E-state index contributed by atoms with van der Waals surface area (Å²) in [6.07, 6.45) is 4.24. The molecular formula is C19H19N3OS. The molecule has 2 aromatic heterocycles. The van der Waals surface area contributed by atoms with Crippen LogP contribution in [0.15, 0.2) is 72.4 Å². The molecule has 0 radical (unpaired) electrons. The molecule has 0 bridgehead atoms. The molecule has 3 aromatic rings. The average molecular weight is 337 g/mol. The molecule has 2 N–H and O–H groups in total. The molecular weight excluding hydrogens is 318 g/mol. The maximum atomic E-state index is 12.3. The van der Waals surface area contributed by atoms with Crippen LogP contribution in [0, 0.1) is 0 Å². The van der Waals surface area contributed by atoms with Crippen molar-refractivity contribution in [2.75, 3.05) is 0 Å². The van der Waals surface area contributed by atoms with Crippen LogP contribution < -0.4 is 10.6 Å². The summed E-state index contributed by atoms with van der Waals surface area (Å²) in [6.45, 7) is 0.460. The monoisotopic (exact) mass is 337 g/mol. The molecule has 0 aliphatic carbocycles. The van der Waals surface area contributed by atoms with E-state index < -0.39 is 0 Å². The van der Waals surface area contributed by atoms with E-state index in [-0.39, 0.29) is 12.1 Å². The summed E-state index contributed by atoms with van der Waals surface area (Å²) in [5, 5.41) is 8.00. The molecule has 0 unspecified atom stereocenters. The maximum Gasteiger partial charge on any atom is 0.315 e. The fourth-order valence-electron chi connectivity index (χ4n) is 2.46. The number of hydrogen-bond donors (Lipinski definition) is 2.